The highest BCUT2D eigenvalue weighted by Gasteiger charge is 2.53. The van der Waals surface area contributed by atoms with Gasteiger partial charge in [-0.15, -0.1) is 0 Å². The molecule has 4 bridgehead atoms. The normalized spacial score (nSPS) is 18.7. The van der Waals surface area contributed by atoms with Crippen LogP contribution in [0.2, 0.25) is 0 Å². The number of hydrogen-bond donors (Lipinski definition) is 2. The summed E-state index contributed by atoms with van der Waals surface area (Å²) in [6.07, 6.45) is -2.94. The van der Waals surface area contributed by atoms with Crippen molar-refractivity contribution in [2.45, 2.75) is 117 Å². The summed E-state index contributed by atoms with van der Waals surface area (Å²) in [4.78, 5) is 101. The highest BCUT2D eigenvalue weighted by molar-refractivity contribution is 9.10. The zero-order valence-electron chi connectivity index (χ0n) is 48.5. The molecule has 11 rings (SSSR count). The fourth-order valence-corrected chi connectivity index (χ4v) is 10.8. The van der Waals surface area contributed by atoms with Crippen molar-refractivity contribution in [3.8, 4) is 11.3 Å². The summed E-state index contributed by atoms with van der Waals surface area (Å²) in [5.74, 6) is -3.32. The summed E-state index contributed by atoms with van der Waals surface area (Å²) in [6.45, 7) is 15.8. The van der Waals surface area contributed by atoms with Gasteiger partial charge in [-0.1, -0.05) is 13.8 Å². The highest BCUT2D eigenvalue weighted by atomic mass is 79.9. The number of pyridine rings is 4. The number of urea groups is 2. The van der Waals surface area contributed by atoms with E-state index in [1.807, 2.05) is 37.5 Å². The Labute approximate surface area is 497 Å². The first-order valence-electron chi connectivity index (χ1n) is 27.4. The Balaban J connectivity index is 0.000000167. The molecule has 3 saturated heterocycles. The number of aryl methyl sites for hydroxylation is 4. The topological polar surface area (TPSA) is 246 Å². The maximum absolute atomic E-state index is 13.6. The molecule has 0 saturated carbocycles. The van der Waals surface area contributed by atoms with Crippen LogP contribution in [-0.2, 0) is 23.4 Å². The van der Waals surface area contributed by atoms with Gasteiger partial charge in [0.1, 0.15) is 22.8 Å². The number of halogens is 7. The molecular weight excluding hydrogens is 1210 g/mol. The molecule has 22 nitrogen and oxygen atoms in total. The van der Waals surface area contributed by atoms with Crippen LogP contribution < -0.4 is 47.0 Å². The number of nitrogens with zero attached hydrogens (tertiary/aromatic N) is 10. The predicted octanol–water partition coefficient (Wildman–Crippen LogP) is 9.37. The summed E-state index contributed by atoms with van der Waals surface area (Å²) < 4.78 is 103. The number of oxazole rings is 2. The molecule has 0 radical (unpaired) electrons. The number of hydrogen-bond acceptors (Lipinski definition) is 16. The first-order valence-corrected chi connectivity index (χ1v) is 28.2. The van der Waals surface area contributed by atoms with Crippen LogP contribution in [0.25, 0.3) is 11.3 Å². The van der Waals surface area contributed by atoms with Crippen molar-refractivity contribution in [3.63, 3.8) is 0 Å². The van der Waals surface area contributed by atoms with Gasteiger partial charge in [0.25, 0.3) is 11.1 Å². The molecule has 0 aromatic carbocycles. The lowest BCUT2D eigenvalue weighted by Crippen LogP contribution is -2.49. The number of Topliss-reactive ketones (excluding diaryl/α,β-unsaturated/α-hetero) is 2. The number of ketones is 2. The number of alkyl halides is 6. The maximum atomic E-state index is 13.6. The summed E-state index contributed by atoms with van der Waals surface area (Å²) in [6, 6.07) is 7.17. The van der Waals surface area contributed by atoms with Crippen molar-refractivity contribution in [1.82, 2.24) is 29.1 Å². The van der Waals surface area contributed by atoms with E-state index >= 15 is 0 Å². The van der Waals surface area contributed by atoms with E-state index in [1.54, 1.807) is 51.6 Å². The zero-order chi connectivity index (χ0) is 62.7. The van der Waals surface area contributed by atoms with Crippen LogP contribution >= 0.6 is 15.9 Å². The third-order valence-electron chi connectivity index (χ3n) is 15.9. The number of carbonyl (C=O) groups excluding carboxylic acids is 4. The van der Waals surface area contributed by atoms with Crippen LogP contribution in [0.3, 0.4) is 0 Å². The van der Waals surface area contributed by atoms with Crippen LogP contribution in [0.4, 0.5) is 70.3 Å². The minimum atomic E-state index is -4.51. The average molecular weight is 1270 g/mol. The summed E-state index contributed by atoms with van der Waals surface area (Å²) >= 11 is 3.29. The second kappa shape index (κ2) is 23.8. The lowest BCUT2D eigenvalue weighted by molar-refractivity contribution is -0.169. The highest BCUT2D eigenvalue weighted by Crippen LogP contribution is 2.42. The minimum absolute atomic E-state index is 0.00253. The lowest BCUT2D eigenvalue weighted by atomic mass is 9.87. The van der Waals surface area contributed by atoms with E-state index in [2.05, 4.69) is 46.5 Å². The molecule has 0 unspecified atom stereocenters. The molecular formula is C56H62BBrF6N12O10. The molecule has 4 atom stereocenters. The number of nitrogens with one attached hydrogen (secondary N) is 2. The van der Waals surface area contributed by atoms with Gasteiger partial charge in [-0.3, -0.25) is 29.0 Å². The van der Waals surface area contributed by atoms with Crippen molar-refractivity contribution in [2.24, 2.45) is 25.9 Å². The zero-order valence-corrected chi connectivity index (χ0v) is 50.1. The molecule has 6 aromatic rings. The van der Waals surface area contributed by atoms with Crippen LogP contribution in [0, 0.1) is 25.7 Å². The number of anilines is 6. The standard InChI is InChI=1S/C25H25F3N6O4.C21H21BrF3N5O3.C10H16BNO3/c1-13(25(26,27)28)8-20(35)17-4-5-19-22(30-17)34(16-6-7-33(19)12-16)24(37)31-18-9-15(11-32(3)23(18)36)21-10-29-14(2)38-21;1-11(21(23,24)25)7-17(31)14-3-4-16-18(26-14)30(13-5-6-29(16)10-13)20(33)27-15-8-12(22)9-28(2)19(15)32;1-7-12-6-8(13-7)11-14-9(2,3)10(4,5)15-11/h4-5,9-11,13,16H,6-8,12H2,1-3H3,(H,31,37);3-4,8-9,11,13H,5-7,10H2,1-2H3,(H,27,33);6H,1-5H3/t13-,16-;11-,13-;/m00./s1. The second-order valence-corrected chi connectivity index (χ2v) is 23.7. The van der Waals surface area contributed by atoms with Crippen molar-refractivity contribution >= 4 is 86.7 Å². The minimum Gasteiger partial charge on any atom is -0.450 e. The van der Waals surface area contributed by atoms with Crippen LogP contribution in [0.15, 0.2) is 84.1 Å². The number of carbonyl (C=O) groups is 4. The Hall–Kier alpha value is -7.86. The summed E-state index contributed by atoms with van der Waals surface area (Å²) in [5, 5.41) is 5.28. The molecule has 458 valence electrons. The molecule has 11 heterocycles. The summed E-state index contributed by atoms with van der Waals surface area (Å²) in [5.41, 5.74) is 0.595. The van der Waals surface area contributed by atoms with Crippen LogP contribution in [0.5, 0.6) is 0 Å². The van der Waals surface area contributed by atoms with Crippen molar-refractivity contribution in [3.05, 3.63) is 110 Å². The lowest BCUT2D eigenvalue weighted by Gasteiger charge is -2.35. The molecule has 3 fully saturated rings. The van der Waals surface area contributed by atoms with E-state index in [0.717, 1.165) is 13.8 Å². The summed E-state index contributed by atoms with van der Waals surface area (Å²) in [7, 11) is 2.64. The molecule has 6 aromatic heterocycles. The first-order chi connectivity index (χ1) is 40.2. The van der Waals surface area contributed by atoms with E-state index in [0.29, 0.717) is 83.6 Å². The van der Waals surface area contributed by atoms with Gasteiger partial charge >= 0.3 is 31.5 Å². The Kier molecular flexibility index (Phi) is 17.3. The van der Waals surface area contributed by atoms with E-state index in [9.17, 15) is 55.1 Å². The van der Waals surface area contributed by atoms with Gasteiger partial charge in [0, 0.05) is 89.4 Å². The molecule has 5 aliphatic rings. The smallest absolute Gasteiger partial charge is 0.450 e. The van der Waals surface area contributed by atoms with E-state index < -0.39 is 78.9 Å². The Morgan fingerprint density at radius 2 is 1.13 bits per heavy atom. The maximum Gasteiger partial charge on any atom is 0.534 e. The molecule has 5 aliphatic heterocycles. The number of rotatable bonds is 10. The van der Waals surface area contributed by atoms with Gasteiger partial charge in [-0.05, 0) is 92.9 Å². The number of aromatic nitrogens is 6. The molecule has 4 amide bonds. The average Bonchev–Trinajstić information content (AvgIpc) is 1.54. The number of amides is 4. The van der Waals surface area contributed by atoms with Crippen LogP contribution in [-0.4, -0.2) is 122 Å². The van der Waals surface area contributed by atoms with Gasteiger partial charge in [0.15, 0.2) is 46.4 Å². The first kappa shape index (κ1) is 62.7. The Bertz CT molecular complexity index is 3720. The van der Waals surface area contributed by atoms with E-state index in [1.165, 1.54) is 56.4 Å². The predicted molar refractivity (Wildman–Crippen MR) is 309 cm³/mol. The third-order valence-corrected chi connectivity index (χ3v) is 16.3. The van der Waals surface area contributed by atoms with Crippen LogP contribution in [0.1, 0.15) is 100.0 Å². The quantitative estimate of drug-likeness (QED) is 0.0737. The molecule has 0 spiro atoms. The van der Waals surface area contributed by atoms with Gasteiger partial charge < -0.3 is 47.7 Å². The fourth-order valence-electron chi connectivity index (χ4n) is 10.2. The van der Waals surface area contributed by atoms with Crippen molar-refractivity contribution in [1.29, 1.82) is 0 Å². The van der Waals surface area contributed by atoms with Gasteiger partial charge in [0.05, 0.1) is 58.9 Å². The molecule has 30 heteroatoms. The van der Waals surface area contributed by atoms with Crippen molar-refractivity contribution < 1.29 is 63.7 Å². The Morgan fingerprint density at radius 3 is 1.56 bits per heavy atom. The second-order valence-electron chi connectivity index (χ2n) is 22.8. The van der Waals surface area contributed by atoms with Gasteiger partial charge in [-0.25, -0.2) is 29.5 Å². The Morgan fingerprint density at radius 1 is 0.686 bits per heavy atom. The van der Waals surface area contributed by atoms with E-state index in [4.69, 9.17) is 18.1 Å². The molecule has 86 heavy (non-hydrogen) atoms. The van der Waals surface area contributed by atoms with Crippen molar-refractivity contribution in [2.75, 3.05) is 56.4 Å². The third kappa shape index (κ3) is 13.1. The number of fused-ring (bicyclic) bond motifs is 8. The van der Waals surface area contributed by atoms with Gasteiger partial charge in [-0.2, -0.15) is 26.3 Å². The monoisotopic (exact) mass is 1270 g/mol. The SMILES string of the molecule is C[C@@H](CC(=O)c1ccc2c(n1)N(C(=O)Nc1cc(Br)cn(C)c1=O)[C@H]1CCN2C1)C(F)(F)F.Cc1ncc(-c2cc(NC(=O)N3c4nc(C(=O)C[C@H](C)C(F)(F)F)ccc4N4CC[C@H]3C4)c(=O)n(C)c2)o1.Cc1ncc(B2OC(C)(C)C(C)(C)O2)o1. The fraction of sp³-hybridized carbons (Fsp3) is 0.464. The largest absolute Gasteiger partial charge is 0.534 e. The van der Waals surface area contributed by atoms with Gasteiger partial charge in [0.2, 0.25) is 0 Å². The molecule has 0 aliphatic carbocycles. The molecule has 2 N–H and O–H groups in total. The van der Waals surface area contributed by atoms with E-state index in [-0.39, 0.29) is 57.7 Å².